The molecule has 1 heterocycles. The summed E-state index contributed by atoms with van der Waals surface area (Å²) in [6.07, 6.45) is 1.83. The van der Waals surface area contributed by atoms with Crippen molar-refractivity contribution in [1.29, 1.82) is 0 Å². The third kappa shape index (κ3) is 9.99. The maximum absolute atomic E-state index is 13.2. The van der Waals surface area contributed by atoms with E-state index in [-0.39, 0.29) is 31.1 Å². The molecule has 0 radical (unpaired) electrons. The Labute approximate surface area is 244 Å². The zero-order chi connectivity index (χ0) is 30.6. The summed E-state index contributed by atoms with van der Waals surface area (Å²) in [6.45, 7) is 3.74. The molecular formula is C31H37N5O6. The van der Waals surface area contributed by atoms with Crippen molar-refractivity contribution >= 4 is 40.5 Å². The topological polar surface area (TPSA) is 181 Å². The number of pyridine rings is 1. The van der Waals surface area contributed by atoms with Crippen LogP contribution in [0.25, 0.3) is 10.9 Å². The third-order valence-electron chi connectivity index (χ3n) is 6.60. The molecular weight excluding hydrogens is 538 g/mol. The van der Waals surface area contributed by atoms with Gasteiger partial charge in [0.05, 0.1) is 11.9 Å². The summed E-state index contributed by atoms with van der Waals surface area (Å²) in [5, 5.41) is 18.0. The molecule has 0 saturated carbocycles. The number of aliphatic carboxylic acids is 1. The van der Waals surface area contributed by atoms with Crippen LogP contribution in [-0.2, 0) is 36.8 Å². The quantitative estimate of drug-likeness (QED) is 0.183. The predicted octanol–water partition coefficient (Wildman–Crippen LogP) is 1.87. The molecule has 3 atom stereocenters. The van der Waals surface area contributed by atoms with Gasteiger partial charge in [-0.05, 0) is 42.0 Å². The Morgan fingerprint density at radius 1 is 0.833 bits per heavy atom. The van der Waals surface area contributed by atoms with Crippen molar-refractivity contribution in [2.45, 2.75) is 64.1 Å². The molecule has 0 aliphatic rings. The Bertz CT molecular complexity index is 1410. The summed E-state index contributed by atoms with van der Waals surface area (Å²) in [6, 6.07) is 14.8. The van der Waals surface area contributed by atoms with E-state index in [1.165, 1.54) is 0 Å². The van der Waals surface area contributed by atoms with Crippen LogP contribution < -0.4 is 21.7 Å². The van der Waals surface area contributed by atoms with Crippen LogP contribution >= 0.6 is 0 Å². The van der Waals surface area contributed by atoms with Crippen molar-refractivity contribution < 1.29 is 29.1 Å². The lowest BCUT2D eigenvalue weighted by Gasteiger charge is -2.25. The van der Waals surface area contributed by atoms with Gasteiger partial charge in [0.15, 0.2) is 0 Å². The van der Waals surface area contributed by atoms with Crippen LogP contribution in [0.5, 0.6) is 0 Å². The first-order valence-electron chi connectivity index (χ1n) is 13.8. The molecule has 0 aliphatic carbocycles. The molecule has 0 unspecified atom stereocenters. The molecule has 4 amide bonds. The van der Waals surface area contributed by atoms with E-state index < -0.39 is 48.2 Å². The van der Waals surface area contributed by atoms with E-state index in [2.05, 4.69) is 20.9 Å². The second kappa shape index (κ2) is 15.3. The zero-order valence-electron chi connectivity index (χ0n) is 23.7. The van der Waals surface area contributed by atoms with Gasteiger partial charge in [0.1, 0.15) is 18.1 Å². The van der Waals surface area contributed by atoms with Crippen molar-refractivity contribution in [2.24, 2.45) is 11.7 Å². The van der Waals surface area contributed by atoms with E-state index >= 15 is 0 Å². The summed E-state index contributed by atoms with van der Waals surface area (Å²) < 4.78 is 0. The Balaban J connectivity index is 1.65. The number of carbonyl (C=O) groups is 5. The van der Waals surface area contributed by atoms with Gasteiger partial charge in [-0.15, -0.1) is 0 Å². The van der Waals surface area contributed by atoms with Gasteiger partial charge in [-0.25, -0.2) is 0 Å². The fourth-order valence-corrected chi connectivity index (χ4v) is 4.48. The number of nitrogens with two attached hydrogens (primary N) is 1. The van der Waals surface area contributed by atoms with E-state index in [1.54, 1.807) is 36.5 Å². The molecule has 11 heteroatoms. The van der Waals surface area contributed by atoms with Gasteiger partial charge in [0, 0.05) is 24.4 Å². The molecule has 0 fully saturated rings. The van der Waals surface area contributed by atoms with Crippen molar-refractivity contribution in [2.75, 3.05) is 0 Å². The maximum Gasteiger partial charge on any atom is 0.305 e. The van der Waals surface area contributed by atoms with Crippen molar-refractivity contribution in [3.05, 3.63) is 78.0 Å². The molecule has 0 aliphatic heterocycles. The van der Waals surface area contributed by atoms with Gasteiger partial charge in [-0.3, -0.25) is 29.0 Å². The highest BCUT2D eigenvalue weighted by molar-refractivity contribution is 5.95. The Hall–Kier alpha value is -4.80. The first-order chi connectivity index (χ1) is 20.0. The zero-order valence-corrected chi connectivity index (χ0v) is 23.7. The molecule has 3 rings (SSSR count). The Morgan fingerprint density at radius 3 is 2.14 bits per heavy atom. The van der Waals surface area contributed by atoms with E-state index in [1.807, 2.05) is 44.2 Å². The van der Waals surface area contributed by atoms with Crippen LogP contribution in [0, 0.1) is 5.92 Å². The molecule has 0 bridgehead atoms. The van der Waals surface area contributed by atoms with Gasteiger partial charge in [0.2, 0.25) is 23.6 Å². The first-order valence-corrected chi connectivity index (χ1v) is 13.8. The minimum atomic E-state index is -1.50. The number of fused-ring (bicyclic) bond motifs is 1. The minimum Gasteiger partial charge on any atom is -0.481 e. The summed E-state index contributed by atoms with van der Waals surface area (Å²) in [5.41, 5.74) is 7.93. The number of primary amides is 1. The van der Waals surface area contributed by atoms with E-state index in [0.717, 1.165) is 22.0 Å². The van der Waals surface area contributed by atoms with Crippen molar-refractivity contribution in [3.8, 4) is 0 Å². The van der Waals surface area contributed by atoms with Gasteiger partial charge >= 0.3 is 5.97 Å². The summed E-state index contributed by atoms with van der Waals surface area (Å²) in [5.74, 6) is -4.09. The predicted molar refractivity (Wildman–Crippen MR) is 157 cm³/mol. The van der Waals surface area contributed by atoms with Gasteiger partial charge < -0.3 is 26.8 Å². The van der Waals surface area contributed by atoms with Crippen LogP contribution in [0.3, 0.4) is 0 Å². The molecule has 222 valence electrons. The number of carbonyl (C=O) groups excluding carboxylic acids is 4. The molecule has 0 spiro atoms. The van der Waals surface area contributed by atoms with E-state index in [4.69, 9.17) is 5.73 Å². The first kappa shape index (κ1) is 31.7. The number of carboxylic acid groups (broad SMARTS) is 1. The number of nitrogens with one attached hydrogen (secondary N) is 3. The smallest absolute Gasteiger partial charge is 0.305 e. The number of hydrogen-bond donors (Lipinski definition) is 5. The minimum absolute atomic E-state index is 0.00241. The molecule has 3 aromatic rings. The molecule has 1 aromatic heterocycles. The van der Waals surface area contributed by atoms with Crippen LogP contribution in [0.2, 0.25) is 0 Å². The maximum atomic E-state index is 13.2. The number of amides is 4. The average Bonchev–Trinajstić information content (AvgIpc) is 2.94. The fraction of sp³-hybridized carbons (Fsp3) is 0.355. The second-order valence-corrected chi connectivity index (χ2v) is 10.6. The number of rotatable bonds is 15. The van der Waals surface area contributed by atoms with E-state index in [0.29, 0.717) is 6.42 Å². The molecule has 42 heavy (non-hydrogen) atoms. The number of nitrogens with zero attached hydrogens (tertiary/aromatic N) is 1. The highest BCUT2D eigenvalue weighted by Crippen LogP contribution is 2.14. The van der Waals surface area contributed by atoms with E-state index in [9.17, 15) is 29.1 Å². The average molecular weight is 576 g/mol. The lowest BCUT2D eigenvalue weighted by atomic mass is 10.0. The highest BCUT2D eigenvalue weighted by Gasteiger charge is 2.31. The number of benzene rings is 2. The Kier molecular flexibility index (Phi) is 11.5. The number of aromatic nitrogens is 1. The van der Waals surface area contributed by atoms with Gasteiger partial charge in [-0.1, -0.05) is 62.4 Å². The number of hydrogen-bond acceptors (Lipinski definition) is 6. The van der Waals surface area contributed by atoms with Gasteiger partial charge in [-0.2, -0.15) is 0 Å². The normalized spacial score (nSPS) is 13.1. The molecule has 6 N–H and O–H groups in total. The highest BCUT2D eigenvalue weighted by atomic mass is 16.4. The number of para-hydroxylation sites is 1. The molecule has 0 saturated heterocycles. The summed E-state index contributed by atoms with van der Waals surface area (Å²) in [7, 11) is 0. The van der Waals surface area contributed by atoms with Gasteiger partial charge in [0.25, 0.3) is 0 Å². The lowest BCUT2D eigenvalue weighted by molar-refractivity contribution is -0.141. The number of aryl methyl sites for hydroxylation is 1. The molecule has 11 nitrogen and oxygen atoms in total. The SMILES string of the molecule is CC(C)C[C@H](NC(=O)CCc1cnc2ccccc2c1)C(=O)N[C@@H](CC(=O)O)C(=O)N[C@@H](Cc1ccccc1)C(N)=O. The van der Waals surface area contributed by atoms with Crippen LogP contribution in [-0.4, -0.2) is 57.8 Å². The van der Waals surface area contributed by atoms with Crippen LogP contribution in [0.4, 0.5) is 0 Å². The third-order valence-corrected chi connectivity index (χ3v) is 6.60. The monoisotopic (exact) mass is 575 g/mol. The van der Waals surface area contributed by atoms with Crippen LogP contribution in [0.1, 0.15) is 44.2 Å². The van der Waals surface area contributed by atoms with Crippen LogP contribution in [0.15, 0.2) is 66.9 Å². The standard InChI is InChI=1S/C31H37N5O6/c1-19(2)14-25(34-27(37)13-12-21-15-22-10-6-7-11-23(22)33-18-21)30(41)36-26(17-28(38)39)31(42)35-24(29(32)40)16-20-8-4-3-5-9-20/h3-11,15,18-19,24-26H,12-14,16-17H2,1-2H3,(H2,32,40)(H,34,37)(H,35,42)(H,36,41)(H,38,39)/t24-,25-,26-/m0/s1. The van der Waals surface area contributed by atoms with Crippen molar-refractivity contribution in [1.82, 2.24) is 20.9 Å². The Morgan fingerprint density at radius 2 is 1.48 bits per heavy atom. The number of carboxylic acids is 1. The fourth-order valence-electron chi connectivity index (χ4n) is 4.48. The largest absolute Gasteiger partial charge is 0.481 e. The summed E-state index contributed by atoms with van der Waals surface area (Å²) in [4.78, 5) is 67.1. The molecule has 2 aromatic carbocycles. The van der Waals surface area contributed by atoms with Crippen molar-refractivity contribution in [3.63, 3.8) is 0 Å². The second-order valence-electron chi connectivity index (χ2n) is 10.6. The summed E-state index contributed by atoms with van der Waals surface area (Å²) >= 11 is 0. The lowest BCUT2D eigenvalue weighted by Crippen LogP contribution is -2.57.